The molecule has 0 atom stereocenters. The van der Waals surface area contributed by atoms with E-state index in [0.717, 1.165) is 16.6 Å². The lowest BCUT2D eigenvalue weighted by atomic mass is 9.85. The highest BCUT2D eigenvalue weighted by atomic mass is 32.1. The first-order valence-corrected chi connectivity index (χ1v) is 22.8. The minimum absolute atomic E-state index is 0.908. The standard InChI is InChI=1S/C62H36OS/c1-2-16-38(17-3-1)57-46-23-10-12-25-48(46)60(49-26-13-11-24-47(49)57)51-28-14-27-50-52-35-40(31-34-56(52)64-62(50)51)59-44-21-8-6-19-42(44)58(43-20-7-9-22-45(43)59)39-30-32-54-53(36-39)61-41-18-5-4-15-37(41)29-33-55(61)63-54/h1-36H. The Morgan fingerprint density at radius 1 is 0.281 bits per heavy atom. The normalized spacial score (nSPS) is 12.1. The predicted octanol–water partition coefficient (Wildman–Crippen LogP) is 18.4. The van der Waals surface area contributed by atoms with Crippen LogP contribution in [-0.4, -0.2) is 0 Å². The van der Waals surface area contributed by atoms with Gasteiger partial charge >= 0.3 is 0 Å². The summed E-state index contributed by atoms with van der Waals surface area (Å²) in [5.41, 5.74) is 11.9. The topological polar surface area (TPSA) is 13.1 Å². The average Bonchev–Trinajstić information content (AvgIpc) is 3.93. The molecule has 0 N–H and O–H groups in total. The van der Waals surface area contributed by atoms with E-state index in [2.05, 4.69) is 218 Å². The molecule has 0 fully saturated rings. The lowest BCUT2D eigenvalue weighted by molar-refractivity contribution is 0.669. The molecule has 0 aliphatic heterocycles. The maximum atomic E-state index is 6.45. The van der Waals surface area contributed by atoms with Crippen LogP contribution in [0.4, 0.5) is 0 Å². The molecule has 2 heterocycles. The first kappa shape index (κ1) is 35.5. The summed E-state index contributed by atoms with van der Waals surface area (Å²) >= 11 is 1.91. The summed E-state index contributed by atoms with van der Waals surface area (Å²) in [5.74, 6) is 0. The number of benzene rings is 12. The summed E-state index contributed by atoms with van der Waals surface area (Å²) in [6, 6.07) is 80.5. The highest BCUT2D eigenvalue weighted by molar-refractivity contribution is 7.26. The number of fused-ring (bicyclic) bond motifs is 12. The van der Waals surface area contributed by atoms with Crippen LogP contribution in [0.1, 0.15) is 0 Å². The van der Waals surface area contributed by atoms with Crippen molar-refractivity contribution in [2.45, 2.75) is 0 Å². The Morgan fingerprint density at radius 2 is 0.750 bits per heavy atom. The summed E-state index contributed by atoms with van der Waals surface area (Å²) < 4.78 is 9.06. The van der Waals surface area contributed by atoms with Crippen molar-refractivity contribution in [3.63, 3.8) is 0 Å². The van der Waals surface area contributed by atoms with Gasteiger partial charge in [-0.2, -0.15) is 0 Å². The quantitative estimate of drug-likeness (QED) is 0.161. The smallest absolute Gasteiger partial charge is 0.136 e. The zero-order valence-electron chi connectivity index (χ0n) is 34.6. The van der Waals surface area contributed by atoms with Crippen LogP contribution < -0.4 is 0 Å². The Hall–Kier alpha value is -8.04. The molecule has 0 unspecified atom stereocenters. The van der Waals surface area contributed by atoms with E-state index < -0.39 is 0 Å². The molecule has 0 radical (unpaired) electrons. The third kappa shape index (κ3) is 5.12. The number of rotatable bonds is 4. The van der Waals surface area contributed by atoms with Gasteiger partial charge in [-0.25, -0.2) is 0 Å². The Labute approximate surface area is 372 Å². The van der Waals surface area contributed by atoms with Gasteiger partial charge in [0.2, 0.25) is 0 Å². The average molecular weight is 829 g/mol. The van der Waals surface area contributed by atoms with Crippen LogP contribution >= 0.6 is 11.3 Å². The van der Waals surface area contributed by atoms with E-state index in [1.165, 1.54) is 124 Å². The minimum atomic E-state index is 0.908. The summed E-state index contributed by atoms with van der Waals surface area (Å²) in [6.07, 6.45) is 0. The van der Waals surface area contributed by atoms with Crippen LogP contribution in [-0.2, 0) is 0 Å². The van der Waals surface area contributed by atoms with E-state index in [0.29, 0.717) is 0 Å². The van der Waals surface area contributed by atoms with Crippen molar-refractivity contribution in [2.75, 3.05) is 0 Å². The SMILES string of the molecule is c1ccc(-c2c3ccccc3c(-c3cccc4c3sc3ccc(-c5c6ccccc6c(-c6ccc7oc8ccc9ccccc9c8c7c6)c6ccccc56)cc34)c3ccccc23)cc1. The summed E-state index contributed by atoms with van der Waals surface area (Å²) in [4.78, 5) is 0. The Morgan fingerprint density at radius 3 is 1.36 bits per heavy atom. The van der Waals surface area contributed by atoms with Gasteiger partial charge in [0, 0.05) is 36.5 Å². The van der Waals surface area contributed by atoms with Crippen molar-refractivity contribution in [3.8, 4) is 44.5 Å². The Balaban J connectivity index is 0.990. The lowest BCUT2D eigenvalue weighted by Gasteiger charge is -2.18. The van der Waals surface area contributed by atoms with E-state index in [9.17, 15) is 0 Å². The fourth-order valence-electron chi connectivity index (χ4n) is 10.9. The van der Waals surface area contributed by atoms with Crippen molar-refractivity contribution >= 4 is 107 Å². The van der Waals surface area contributed by atoms with E-state index in [-0.39, 0.29) is 0 Å². The molecule has 296 valence electrons. The van der Waals surface area contributed by atoms with Gasteiger partial charge in [0.05, 0.1) is 0 Å². The molecule has 0 aliphatic rings. The van der Waals surface area contributed by atoms with Crippen molar-refractivity contribution < 1.29 is 4.42 Å². The first-order chi connectivity index (χ1) is 31.8. The molecule has 0 bridgehead atoms. The molecule has 2 aromatic heterocycles. The van der Waals surface area contributed by atoms with Crippen LogP contribution in [0.2, 0.25) is 0 Å². The number of hydrogen-bond donors (Lipinski definition) is 0. The molecule has 0 saturated carbocycles. The van der Waals surface area contributed by atoms with Crippen molar-refractivity contribution in [2.24, 2.45) is 0 Å². The van der Waals surface area contributed by atoms with Gasteiger partial charge in [0.15, 0.2) is 0 Å². The second-order valence-electron chi connectivity index (χ2n) is 17.0. The third-order valence-electron chi connectivity index (χ3n) is 13.6. The molecule has 0 spiro atoms. The molecule has 0 saturated heterocycles. The molecule has 0 aliphatic carbocycles. The third-order valence-corrected chi connectivity index (χ3v) is 14.8. The summed E-state index contributed by atoms with van der Waals surface area (Å²) in [6.45, 7) is 0. The van der Waals surface area contributed by atoms with Crippen molar-refractivity contribution in [1.29, 1.82) is 0 Å². The van der Waals surface area contributed by atoms with Crippen LogP contribution in [0.3, 0.4) is 0 Å². The van der Waals surface area contributed by atoms with Crippen molar-refractivity contribution in [3.05, 3.63) is 218 Å². The van der Waals surface area contributed by atoms with Gasteiger partial charge in [0.1, 0.15) is 11.2 Å². The molecule has 14 rings (SSSR count). The van der Waals surface area contributed by atoms with E-state index >= 15 is 0 Å². The second-order valence-corrected chi connectivity index (χ2v) is 18.1. The largest absolute Gasteiger partial charge is 0.456 e. The fourth-order valence-corrected chi connectivity index (χ4v) is 12.1. The maximum absolute atomic E-state index is 6.45. The van der Waals surface area contributed by atoms with Gasteiger partial charge in [0.25, 0.3) is 0 Å². The van der Waals surface area contributed by atoms with Crippen LogP contribution in [0.25, 0.3) is 140 Å². The fraction of sp³-hybridized carbons (Fsp3) is 0. The Kier molecular flexibility index (Phi) is 7.63. The molecule has 64 heavy (non-hydrogen) atoms. The monoisotopic (exact) mass is 828 g/mol. The van der Waals surface area contributed by atoms with Crippen LogP contribution in [0, 0.1) is 0 Å². The first-order valence-electron chi connectivity index (χ1n) is 22.0. The minimum Gasteiger partial charge on any atom is -0.456 e. The Bertz CT molecular complexity index is 4130. The van der Waals surface area contributed by atoms with E-state index in [1.54, 1.807) is 0 Å². The van der Waals surface area contributed by atoms with E-state index in [1.807, 2.05) is 11.3 Å². The van der Waals surface area contributed by atoms with Crippen LogP contribution in [0.15, 0.2) is 223 Å². The van der Waals surface area contributed by atoms with Gasteiger partial charge in [-0.3, -0.25) is 0 Å². The molecular formula is C62H36OS. The van der Waals surface area contributed by atoms with Gasteiger partial charge in [-0.05, 0) is 123 Å². The molecule has 14 aromatic rings. The second kappa shape index (κ2) is 13.7. The zero-order valence-corrected chi connectivity index (χ0v) is 35.4. The number of thiophene rings is 1. The predicted molar refractivity (Wildman–Crippen MR) is 276 cm³/mol. The van der Waals surface area contributed by atoms with Gasteiger partial charge < -0.3 is 4.42 Å². The number of hydrogen-bond acceptors (Lipinski definition) is 2. The van der Waals surface area contributed by atoms with Gasteiger partial charge in [-0.15, -0.1) is 11.3 Å². The summed E-state index contributed by atoms with van der Waals surface area (Å²) in [5, 5.41) is 17.4. The zero-order chi connectivity index (χ0) is 41.9. The molecule has 0 amide bonds. The lowest BCUT2D eigenvalue weighted by Crippen LogP contribution is -1.91. The highest BCUT2D eigenvalue weighted by Crippen LogP contribution is 2.50. The molecule has 12 aromatic carbocycles. The van der Waals surface area contributed by atoms with Crippen LogP contribution in [0.5, 0.6) is 0 Å². The highest BCUT2D eigenvalue weighted by Gasteiger charge is 2.22. The van der Waals surface area contributed by atoms with E-state index in [4.69, 9.17) is 4.42 Å². The molecule has 1 nitrogen and oxygen atoms in total. The maximum Gasteiger partial charge on any atom is 0.136 e. The van der Waals surface area contributed by atoms with Gasteiger partial charge in [-0.1, -0.05) is 188 Å². The van der Waals surface area contributed by atoms with Crippen molar-refractivity contribution in [1.82, 2.24) is 0 Å². The summed E-state index contributed by atoms with van der Waals surface area (Å²) in [7, 11) is 0. The molecule has 2 heteroatoms. The number of furan rings is 1. The molecular weight excluding hydrogens is 793 g/mol.